The predicted molar refractivity (Wildman–Crippen MR) is 78.9 cm³/mol. The first-order valence-corrected chi connectivity index (χ1v) is 6.65. The number of rotatable bonds is 5. The van der Waals surface area contributed by atoms with Gasteiger partial charge in [-0.15, -0.1) is 0 Å². The van der Waals surface area contributed by atoms with Crippen molar-refractivity contribution in [2.24, 2.45) is 0 Å². The van der Waals surface area contributed by atoms with E-state index in [1.165, 1.54) is 5.56 Å². The number of nitrogens with zero attached hydrogens (tertiary/aromatic N) is 1. The molecule has 0 aromatic heterocycles. The number of hydrogen-bond donors (Lipinski definition) is 1. The summed E-state index contributed by atoms with van der Waals surface area (Å²) >= 11 is 0. The van der Waals surface area contributed by atoms with Crippen molar-refractivity contribution in [1.82, 2.24) is 0 Å². The lowest BCUT2D eigenvalue weighted by Crippen LogP contribution is -2.11. The molecule has 0 amide bonds. The summed E-state index contributed by atoms with van der Waals surface area (Å²) in [6.07, 6.45) is 2.14. The van der Waals surface area contributed by atoms with Crippen LogP contribution in [0.2, 0.25) is 0 Å². The van der Waals surface area contributed by atoms with Crippen LogP contribution < -0.4 is 5.32 Å². The summed E-state index contributed by atoms with van der Waals surface area (Å²) < 4.78 is 0. The van der Waals surface area contributed by atoms with E-state index in [0.29, 0.717) is 5.56 Å². The van der Waals surface area contributed by atoms with Crippen molar-refractivity contribution in [1.29, 1.82) is 5.26 Å². The minimum atomic E-state index is 0.251. The van der Waals surface area contributed by atoms with Gasteiger partial charge >= 0.3 is 0 Å². The third-order valence-electron chi connectivity index (χ3n) is 3.16. The van der Waals surface area contributed by atoms with Crippen molar-refractivity contribution in [3.8, 4) is 6.07 Å². The van der Waals surface area contributed by atoms with Crippen molar-refractivity contribution in [2.45, 2.75) is 25.8 Å². The van der Waals surface area contributed by atoms with Gasteiger partial charge in [-0.05, 0) is 24.1 Å². The molecule has 0 saturated carbocycles. The smallest absolute Gasteiger partial charge is 0.101 e. The van der Waals surface area contributed by atoms with Crippen molar-refractivity contribution in [3.63, 3.8) is 0 Å². The fourth-order valence-electron chi connectivity index (χ4n) is 2.19. The maximum Gasteiger partial charge on any atom is 0.101 e. The van der Waals surface area contributed by atoms with E-state index in [-0.39, 0.29) is 6.04 Å². The minimum absolute atomic E-state index is 0.251. The molecule has 1 N–H and O–H groups in total. The van der Waals surface area contributed by atoms with E-state index >= 15 is 0 Å². The van der Waals surface area contributed by atoms with Crippen LogP contribution in [0.15, 0.2) is 54.6 Å². The maximum absolute atomic E-state index is 9.14. The topological polar surface area (TPSA) is 35.8 Å². The second kappa shape index (κ2) is 6.61. The van der Waals surface area contributed by atoms with Crippen LogP contribution in [0.4, 0.5) is 5.69 Å². The SMILES string of the molecule is CCCC(Nc1ccccc1C#N)c1ccccc1. The summed E-state index contributed by atoms with van der Waals surface area (Å²) in [5.74, 6) is 0. The molecule has 0 radical (unpaired) electrons. The molecule has 1 atom stereocenters. The Morgan fingerprint density at radius 3 is 2.42 bits per heavy atom. The molecule has 2 aromatic carbocycles. The van der Waals surface area contributed by atoms with Gasteiger partial charge in [-0.2, -0.15) is 5.26 Å². The van der Waals surface area contributed by atoms with Gasteiger partial charge in [-0.3, -0.25) is 0 Å². The van der Waals surface area contributed by atoms with Gasteiger partial charge in [-0.25, -0.2) is 0 Å². The van der Waals surface area contributed by atoms with Crippen LogP contribution in [-0.4, -0.2) is 0 Å². The van der Waals surface area contributed by atoms with Crippen molar-refractivity contribution in [3.05, 3.63) is 65.7 Å². The minimum Gasteiger partial charge on any atom is -0.377 e. The molecular formula is C17H18N2. The lowest BCUT2D eigenvalue weighted by atomic mass is 10.0. The lowest BCUT2D eigenvalue weighted by molar-refractivity contribution is 0.677. The van der Waals surface area contributed by atoms with Crippen molar-refractivity contribution < 1.29 is 0 Å². The Morgan fingerprint density at radius 2 is 1.74 bits per heavy atom. The Kier molecular flexibility index (Phi) is 4.58. The largest absolute Gasteiger partial charge is 0.377 e. The van der Waals surface area contributed by atoms with Gasteiger partial charge < -0.3 is 5.32 Å². The van der Waals surface area contributed by atoms with Gasteiger partial charge in [0, 0.05) is 0 Å². The van der Waals surface area contributed by atoms with Gasteiger partial charge in [0.2, 0.25) is 0 Å². The molecule has 0 saturated heterocycles. The third kappa shape index (κ3) is 3.35. The first-order valence-electron chi connectivity index (χ1n) is 6.65. The molecule has 2 rings (SSSR count). The molecule has 0 aliphatic rings. The van der Waals surface area contributed by atoms with E-state index in [4.69, 9.17) is 5.26 Å². The highest BCUT2D eigenvalue weighted by atomic mass is 14.9. The number of anilines is 1. The number of nitrogens with one attached hydrogen (secondary N) is 1. The quantitative estimate of drug-likeness (QED) is 0.847. The van der Waals surface area contributed by atoms with Gasteiger partial charge in [-0.1, -0.05) is 55.8 Å². The van der Waals surface area contributed by atoms with Crippen LogP contribution in [0.1, 0.15) is 36.9 Å². The molecule has 2 aromatic rings. The van der Waals surface area contributed by atoms with E-state index in [0.717, 1.165) is 18.5 Å². The van der Waals surface area contributed by atoms with E-state index in [1.807, 2.05) is 30.3 Å². The number of benzene rings is 2. The van der Waals surface area contributed by atoms with Crippen molar-refractivity contribution >= 4 is 5.69 Å². The summed E-state index contributed by atoms with van der Waals surface area (Å²) in [4.78, 5) is 0. The van der Waals surface area contributed by atoms with E-state index < -0.39 is 0 Å². The molecule has 2 heteroatoms. The molecule has 96 valence electrons. The Morgan fingerprint density at radius 1 is 1.05 bits per heavy atom. The zero-order valence-corrected chi connectivity index (χ0v) is 11.1. The van der Waals surface area contributed by atoms with Crippen LogP contribution in [0, 0.1) is 11.3 Å². The molecule has 0 bridgehead atoms. The highest BCUT2D eigenvalue weighted by Gasteiger charge is 2.11. The van der Waals surface area contributed by atoms with Gasteiger partial charge in [0.15, 0.2) is 0 Å². The second-order valence-electron chi connectivity index (χ2n) is 4.55. The summed E-state index contributed by atoms with van der Waals surface area (Å²) in [6.45, 7) is 2.17. The molecule has 19 heavy (non-hydrogen) atoms. The third-order valence-corrected chi connectivity index (χ3v) is 3.16. The summed E-state index contributed by atoms with van der Waals surface area (Å²) in [7, 11) is 0. The zero-order chi connectivity index (χ0) is 13.5. The Bertz CT molecular complexity index is 555. The van der Waals surface area contributed by atoms with E-state index in [1.54, 1.807) is 0 Å². The van der Waals surface area contributed by atoms with E-state index in [2.05, 4.69) is 42.6 Å². The Hall–Kier alpha value is -2.27. The normalized spacial score (nSPS) is 11.6. The Balaban J connectivity index is 2.24. The fourth-order valence-corrected chi connectivity index (χ4v) is 2.19. The first kappa shape index (κ1) is 13.2. The van der Waals surface area contributed by atoms with Gasteiger partial charge in [0.05, 0.1) is 17.3 Å². The van der Waals surface area contributed by atoms with E-state index in [9.17, 15) is 0 Å². The second-order valence-corrected chi connectivity index (χ2v) is 4.55. The lowest BCUT2D eigenvalue weighted by Gasteiger charge is -2.20. The summed E-state index contributed by atoms with van der Waals surface area (Å²) in [5, 5.41) is 12.6. The molecule has 0 aliphatic heterocycles. The molecule has 0 spiro atoms. The first-order chi connectivity index (χ1) is 9.35. The summed E-state index contributed by atoms with van der Waals surface area (Å²) in [5.41, 5.74) is 2.86. The predicted octanol–water partition coefficient (Wildman–Crippen LogP) is 4.51. The average molecular weight is 250 g/mol. The Labute approximate surface area is 114 Å². The molecule has 0 aliphatic carbocycles. The number of nitriles is 1. The highest BCUT2D eigenvalue weighted by Crippen LogP contribution is 2.25. The average Bonchev–Trinajstić information content (AvgIpc) is 2.48. The monoisotopic (exact) mass is 250 g/mol. The molecule has 2 nitrogen and oxygen atoms in total. The number of para-hydroxylation sites is 1. The zero-order valence-electron chi connectivity index (χ0n) is 11.1. The van der Waals surface area contributed by atoms with Crippen LogP contribution >= 0.6 is 0 Å². The highest BCUT2D eigenvalue weighted by molar-refractivity contribution is 5.58. The van der Waals surface area contributed by atoms with Crippen LogP contribution in [0.5, 0.6) is 0 Å². The van der Waals surface area contributed by atoms with Crippen LogP contribution in [0.25, 0.3) is 0 Å². The van der Waals surface area contributed by atoms with Gasteiger partial charge in [0.25, 0.3) is 0 Å². The standard InChI is InChI=1S/C17H18N2/c1-2-8-16(14-9-4-3-5-10-14)19-17-12-7-6-11-15(17)13-18/h3-7,9-12,16,19H,2,8H2,1H3. The van der Waals surface area contributed by atoms with Crippen molar-refractivity contribution in [2.75, 3.05) is 5.32 Å². The summed E-state index contributed by atoms with van der Waals surface area (Å²) in [6, 6.07) is 20.5. The van der Waals surface area contributed by atoms with Crippen LogP contribution in [0.3, 0.4) is 0 Å². The maximum atomic E-state index is 9.14. The fraction of sp³-hybridized carbons (Fsp3) is 0.235. The van der Waals surface area contributed by atoms with Gasteiger partial charge in [0.1, 0.15) is 6.07 Å². The molecule has 0 fully saturated rings. The molecular weight excluding hydrogens is 232 g/mol. The molecule has 1 unspecified atom stereocenters. The van der Waals surface area contributed by atoms with Crippen LogP contribution in [-0.2, 0) is 0 Å². The number of hydrogen-bond acceptors (Lipinski definition) is 2. The molecule has 0 heterocycles.